The Morgan fingerprint density at radius 3 is 2.45 bits per heavy atom. The second-order valence-corrected chi connectivity index (χ2v) is 8.49. The molecule has 2 aromatic carbocycles. The van der Waals surface area contributed by atoms with Gasteiger partial charge in [-0.2, -0.15) is 0 Å². The van der Waals surface area contributed by atoms with E-state index < -0.39 is 0 Å². The number of methoxy groups -OCH3 is 1. The summed E-state index contributed by atoms with van der Waals surface area (Å²) in [4.78, 5) is 43.4. The highest BCUT2D eigenvalue weighted by Crippen LogP contribution is 2.27. The van der Waals surface area contributed by atoms with Gasteiger partial charge in [0.2, 0.25) is 0 Å². The van der Waals surface area contributed by atoms with Gasteiger partial charge in [0.25, 0.3) is 11.8 Å². The molecule has 0 bridgehead atoms. The van der Waals surface area contributed by atoms with Crippen molar-refractivity contribution in [2.24, 2.45) is 0 Å². The number of piperazine rings is 1. The van der Waals surface area contributed by atoms with Crippen LogP contribution in [0.5, 0.6) is 0 Å². The van der Waals surface area contributed by atoms with E-state index in [0.717, 1.165) is 13.1 Å². The van der Waals surface area contributed by atoms with E-state index in [0.29, 0.717) is 49.5 Å². The fourth-order valence-corrected chi connectivity index (χ4v) is 4.37. The number of nitrogens with one attached hydrogen (secondary N) is 1. The second kappa shape index (κ2) is 9.62. The number of rotatable bonds is 6. The van der Waals surface area contributed by atoms with E-state index in [-0.39, 0.29) is 17.8 Å². The molecule has 1 fully saturated rings. The molecular weight excluding hydrogens is 420 g/mol. The van der Waals surface area contributed by atoms with Crippen LogP contribution in [0.25, 0.3) is 0 Å². The van der Waals surface area contributed by atoms with E-state index in [1.807, 2.05) is 0 Å². The lowest BCUT2D eigenvalue weighted by Crippen LogP contribution is -2.50. The first kappa shape index (κ1) is 22.8. The maximum atomic E-state index is 12.8. The van der Waals surface area contributed by atoms with Crippen LogP contribution in [-0.4, -0.2) is 74.1 Å². The normalized spacial score (nSPS) is 15.8. The Morgan fingerprint density at radius 2 is 1.73 bits per heavy atom. The Labute approximate surface area is 194 Å². The Bertz CT molecular complexity index is 1080. The van der Waals surface area contributed by atoms with Gasteiger partial charge >= 0.3 is 6.03 Å². The largest absolute Gasteiger partial charge is 0.385 e. The first-order valence-electron chi connectivity index (χ1n) is 11.3. The van der Waals surface area contributed by atoms with Crippen molar-refractivity contribution in [1.82, 2.24) is 9.80 Å². The molecule has 4 rings (SSSR count). The zero-order valence-electron chi connectivity index (χ0n) is 19.4. The average Bonchev–Trinajstić information content (AvgIpc) is 3.05. The lowest BCUT2D eigenvalue weighted by Gasteiger charge is -2.37. The molecule has 8 nitrogen and oxygen atoms in total. The van der Waals surface area contributed by atoms with Crippen LogP contribution in [0.4, 0.5) is 16.2 Å². The van der Waals surface area contributed by atoms with Crippen molar-refractivity contribution in [1.29, 1.82) is 0 Å². The fraction of sp³-hybridized carbons (Fsp3) is 0.400. The van der Waals surface area contributed by atoms with Crippen molar-refractivity contribution in [3.8, 4) is 0 Å². The molecular formula is C25H30N4O4. The predicted molar refractivity (Wildman–Crippen MR) is 127 cm³/mol. The van der Waals surface area contributed by atoms with Gasteiger partial charge in [0, 0.05) is 57.8 Å². The Morgan fingerprint density at radius 1 is 1.00 bits per heavy atom. The van der Waals surface area contributed by atoms with E-state index >= 15 is 0 Å². The Hall–Kier alpha value is -3.39. The van der Waals surface area contributed by atoms with Crippen molar-refractivity contribution in [2.45, 2.75) is 20.3 Å². The molecule has 0 spiro atoms. The molecule has 2 aromatic rings. The van der Waals surface area contributed by atoms with Gasteiger partial charge in [-0.25, -0.2) is 4.79 Å². The number of aryl methyl sites for hydroxylation is 1. The van der Waals surface area contributed by atoms with Gasteiger partial charge in [0.1, 0.15) is 0 Å². The number of hydrogen-bond acceptors (Lipinski definition) is 5. The number of amides is 4. The Balaban J connectivity index is 1.37. The molecule has 0 unspecified atom stereocenters. The number of anilines is 2. The molecule has 8 heteroatoms. The number of imide groups is 1. The molecule has 4 amide bonds. The Kier molecular flexibility index (Phi) is 6.65. The molecule has 0 radical (unpaired) electrons. The summed E-state index contributed by atoms with van der Waals surface area (Å²) in [5, 5.41) is 2.89. The van der Waals surface area contributed by atoms with E-state index in [1.165, 1.54) is 21.7 Å². The molecule has 0 saturated carbocycles. The van der Waals surface area contributed by atoms with Crippen LogP contribution in [0.15, 0.2) is 36.4 Å². The molecule has 174 valence electrons. The minimum absolute atomic E-state index is 0.204. The summed E-state index contributed by atoms with van der Waals surface area (Å²) >= 11 is 0. The third-order valence-corrected chi connectivity index (χ3v) is 6.44. The quantitative estimate of drug-likeness (QED) is 0.540. The molecule has 0 aliphatic carbocycles. The van der Waals surface area contributed by atoms with Crippen molar-refractivity contribution in [3.05, 3.63) is 58.7 Å². The van der Waals surface area contributed by atoms with E-state index in [9.17, 15) is 14.4 Å². The van der Waals surface area contributed by atoms with Gasteiger partial charge in [-0.3, -0.25) is 14.5 Å². The first-order chi connectivity index (χ1) is 15.9. The lowest BCUT2D eigenvalue weighted by atomic mass is 10.1. The van der Waals surface area contributed by atoms with E-state index in [2.05, 4.69) is 42.3 Å². The van der Waals surface area contributed by atoms with Crippen molar-refractivity contribution < 1.29 is 19.1 Å². The minimum Gasteiger partial charge on any atom is -0.385 e. The number of nitrogens with zero attached hydrogens (tertiary/aromatic N) is 3. The van der Waals surface area contributed by atoms with Gasteiger partial charge < -0.3 is 19.9 Å². The highest BCUT2D eigenvalue weighted by atomic mass is 16.5. The van der Waals surface area contributed by atoms with Gasteiger partial charge in [-0.05, 0) is 55.7 Å². The summed E-state index contributed by atoms with van der Waals surface area (Å²) in [6, 6.07) is 11.0. The molecule has 2 heterocycles. The van der Waals surface area contributed by atoms with Crippen LogP contribution in [-0.2, 0) is 4.74 Å². The van der Waals surface area contributed by atoms with Crippen LogP contribution >= 0.6 is 0 Å². The SMILES string of the molecule is COCCCN1C(=O)c2ccc(NC(=O)N3CCN(c4cccc(C)c4C)CC3)cc2C1=O. The number of carbonyl (C=O) groups is 3. The summed E-state index contributed by atoms with van der Waals surface area (Å²) in [7, 11) is 1.58. The molecule has 2 aliphatic rings. The maximum Gasteiger partial charge on any atom is 0.321 e. The average molecular weight is 451 g/mol. The smallest absolute Gasteiger partial charge is 0.321 e. The second-order valence-electron chi connectivity index (χ2n) is 8.49. The summed E-state index contributed by atoms with van der Waals surface area (Å²) < 4.78 is 5.01. The van der Waals surface area contributed by atoms with Gasteiger partial charge in [-0.1, -0.05) is 12.1 Å². The summed E-state index contributed by atoms with van der Waals surface area (Å²) in [5.74, 6) is -0.629. The monoisotopic (exact) mass is 450 g/mol. The van der Waals surface area contributed by atoms with Crippen LogP contribution in [0.2, 0.25) is 0 Å². The number of carbonyl (C=O) groups excluding carboxylic acids is 3. The van der Waals surface area contributed by atoms with Gasteiger partial charge in [-0.15, -0.1) is 0 Å². The topological polar surface area (TPSA) is 82.2 Å². The zero-order valence-corrected chi connectivity index (χ0v) is 19.4. The number of fused-ring (bicyclic) bond motifs is 1. The first-order valence-corrected chi connectivity index (χ1v) is 11.3. The summed E-state index contributed by atoms with van der Waals surface area (Å²) in [6.45, 7) is 7.75. The van der Waals surface area contributed by atoms with Gasteiger partial charge in [0.15, 0.2) is 0 Å². The molecule has 33 heavy (non-hydrogen) atoms. The molecule has 1 saturated heterocycles. The van der Waals surface area contributed by atoms with Crippen LogP contribution < -0.4 is 10.2 Å². The van der Waals surface area contributed by atoms with E-state index in [4.69, 9.17) is 4.74 Å². The standard InChI is InChI=1S/C25H30N4O4/c1-17-6-4-7-22(18(17)2)27-11-13-28(14-12-27)25(32)26-19-8-9-20-21(16-19)24(31)29(23(20)30)10-5-15-33-3/h4,6-9,16H,5,10-15H2,1-3H3,(H,26,32). The fourth-order valence-electron chi connectivity index (χ4n) is 4.37. The predicted octanol–water partition coefficient (Wildman–Crippen LogP) is 3.29. The molecule has 1 N–H and O–H groups in total. The number of hydrogen-bond donors (Lipinski definition) is 1. The highest BCUT2D eigenvalue weighted by Gasteiger charge is 2.35. The highest BCUT2D eigenvalue weighted by molar-refractivity contribution is 6.21. The van der Waals surface area contributed by atoms with E-state index in [1.54, 1.807) is 30.2 Å². The summed E-state index contributed by atoms with van der Waals surface area (Å²) in [6.07, 6.45) is 0.583. The van der Waals surface area contributed by atoms with Crippen molar-refractivity contribution in [3.63, 3.8) is 0 Å². The molecule has 2 aliphatic heterocycles. The van der Waals surface area contributed by atoms with Crippen LogP contribution in [0.3, 0.4) is 0 Å². The zero-order chi connectivity index (χ0) is 23.5. The van der Waals surface area contributed by atoms with Crippen LogP contribution in [0.1, 0.15) is 38.3 Å². The number of urea groups is 1. The third kappa shape index (κ3) is 4.57. The minimum atomic E-state index is -0.329. The number of benzene rings is 2. The van der Waals surface area contributed by atoms with Crippen molar-refractivity contribution >= 4 is 29.2 Å². The molecule has 0 aromatic heterocycles. The maximum absolute atomic E-state index is 12.8. The number of ether oxygens (including phenoxy) is 1. The molecule has 0 atom stereocenters. The third-order valence-electron chi connectivity index (χ3n) is 6.44. The van der Waals surface area contributed by atoms with Crippen LogP contribution in [0, 0.1) is 13.8 Å². The summed E-state index contributed by atoms with van der Waals surface area (Å²) in [5.41, 5.74) is 4.95. The lowest BCUT2D eigenvalue weighted by molar-refractivity contribution is 0.0638. The van der Waals surface area contributed by atoms with Crippen molar-refractivity contribution in [2.75, 3.05) is 56.7 Å². The van der Waals surface area contributed by atoms with Gasteiger partial charge in [0.05, 0.1) is 11.1 Å².